The Kier molecular flexibility index (Phi) is 6.08. The van der Waals surface area contributed by atoms with E-state index in [9.17, 15) is 8.42 Å². The number of nitrogens with zero attached hydrogens (tertiary/aromatic N) is 2. The zero-order chi connectivity index (χ0) is 21.0. The molecule has 0 atom stereocenters. The van der Waals surface area contributed by atoms with E-state index in [1.165, 1.54) is 0 Å². The third-order valence-electron chi connectivity index (χ3n) is 5.34. The summed E-state index contributed by atoms with van der Waals surface area (Å²) in [7, 11) is -2.16. The van der Waals surface area contributed by atoms with Crippen LogP contribution in [0.25, 0.3) is 0 Å². The lowest BCUT2D eigenvalue weighted by Gasteiger charge is -2.20. The summed E-state index contributed by atoms with van der Waals surface area (Å²) in [4.78, 5) is 6.74. The van der Waals surface area contributed by atoms with Gasteiger partial charge in [-0.15, -0.1) is 0 Å². The second-order valence-electron chi connectivity index (χ2n) is 7.46. The van der Waals surface area contributed by atoms with Gasteiger partial charge in [-0.3, -0.25) is 0 Å². The molecule has 30 heavy (non-hydrogen) atoms. The van der Waals surface area contributed by atoms with Crippen molar-refractivity contribution in [1.29, 1.82) is 0 Å². The standard InChI is InChI=1S/C23H26N2O4S/c1-28-19-13-11-18(12-14-19)17-21-24-22(30(26,27)20-9-5-4-6-10-20)23(29-21)25-15-7-2-3-8-16-25/h4-6,9-14H,2-3,7-8,15-17H2,1H3. The van der Waals surface area contributed by atoms with Gasteiger partial charge >= 0.3 is 0 Å². The molecule has 0 amide bonds. The van der Waals surface area contributed by atoms with Crippen LogP contribution in [0.1, 0.15) is 37.1 Å². The van der Waals surface area contributed by atoms with Gasteiger partial charge in [-0.1, -0.05) is 43.2 Å². The van der Waals surface area contributed by atoms with Gasteiger partial charge in [0.25, 0.3) is 0 Å². The number of sulfone groups is 1. The van der Waals surface area contributed by atoms with Gasteiger partial charge in [0.05, 0.1) is 12.0 Å². The van der Waals surface area contributed by atoms with Gasteiger partial charge < -0.3 is 14.1 Å². The van der Waals surface area contributed by atoms with E-state index in [1.807, 2.05) is 29.2 Å². The Morgan fingerprint density at radius 2 is 1.63 bits per heavy atom. The molecule has 0 saturated carbocycles. The molecule has 1 aliphatic rings. The maximum absolute atomic E-state index is 13.4. The molecule has 0 bridgehead atoms. The summed E-state index contributed by atoms with van der Waals surface area (Å²) in [6.07, 6.45) is 4.72. The van der Waals surface area contributed by atoms with Crippen LogP contribution >= 0.6 is 0 Å². The number of hydrogen-bond acceptors (Lipinski definition) is 6. The summed E-state index contributed by atoms with van der Waals surface area (Å²) >= 11 is 0. The van der Waals surface area contributed by atoms with E-state index < -0.39 is 9.84 Å². The molecule has 7 heteroatoms. The molecule has 3 aromatic rings. The summed E-state index contributed by atoms with van der Waals surface area (Å²) < 4.78 is 38.0. The van der Waals surface area contributed by atoms with Crippen molar-refractivity contribution in [3.8, 4) is 5.75 Å². The number of anilines is 1. The summed E-state index contributed by atoms with van der Waals surface area (Å²) in [5, 5.41) is 0.0131. The highest BCUT2D eigenvalue weighted by Crippen LogP contribution is 2.33. The third kappa shape index (κ3) is 4.36. The molecule has 0 unspecified atom stereocenters. The van der Waals surface area contributed by atoms with Gasteiger partial charge in [-0.05, 0) is 42.7 Å². The molecule has 0 aliphatic carbocycles. The Bertz CT molecular complexity index is 1070. The van der Waals surface area contributed by atoms with Crippen molar-refractivity contribution in [2.75, 3.05) is 25.1 Å². The molecule has 0 N–H and O–H groups in total. The normalized spacial score (nSPS) is 15.0. The highest BCUT2D eigenvalue weighted by Gasteiger charge is 2.31. The number of ether oxygens (including phenoxy) is 1. The minimum atomic E-state index is -3.78. The largest absolute Gasteiger partial charge is 0.497 e. The average molecular weight is 427 g/mol. The number of methoxy groups -OCH3 is 1. The van der Waals surface area contributed by atoms with Gasteiger partial charge in [0.15, 0.2) is 0 Å². The van der Waals surface area contributed by atoms with Crippen LogP contribution in [0.3, 0.4) is 0 Å². The third-order valence-corrected chi connectivity index (χ3v) is 7.01. The van der Waals surface area contributed by atoms with E-state index >= 15 is 0 Å². The topological polar surface area (TPSA) is 72.6 Å². The van der Waals surface area contributed by atoms with Crippen LogP contribution in [0, 0.1) is 0 Å². The molecule has 1 saturated heterocycles. The second-order valence-corrected chi connectivity index (χ2v) is 9.33. The molecule has 4 rings (SSSR count). The van der Waals surface area contributed by atoms with Crippen LogP contribution in [0.4, 0.5) is 5.88 Å². The molecule has 0 spiro atoms. The van der Waals surface area contributed by atoms with Crippen molar-refractivity contribution in [2.45, 2.75) is 42.0 Å². The maximum atomic E-state index is 13.4. The maximum Gasteiger partial charge on any atom is 0.236 e. The van der Waals surface area contributed by atoms with Gasteiger partial charge in [0.2, 0.25) is 26.6 Å². The smallest absolute Gasteiger partial charge is 0.236 e. The van der Waals surface area contributed by atoms with Crippen LogP contribution in [0.15, 0.2) is 68.9 Å². The number of hydrogen-bond donors (Lipinski definition) is 0. The minimum Gasteiger partial charge on any atom is -0.497 e. The molecule has 2 aromatic carbocycles. The summed E-state index contributed by atoms with van der Waals surface area (Å²) in [5.74, 6) is 1.53. The van der Waals surface area contributed by atoms with Crippen molar-refractivity contribution >= 4 is 15.7 Å². The first-order chi connectivity index (χ1) is 14.6. The highest BCUT2D eigenvalue weighted by molar-refractivity contribution is 7.91. The number of rotatable bonds is 6. The monoisotopic (exact) mass is 426 g/mol. The summed E-state index contributed by atoms with van der Waals surface area (Å²) in [6, 6.07) is 16.0. The van der Waals surface area contributed by atoms with Crippen molar-refractivity contribution in [1.82, 2.24) is 4.98 Å². The number of oxazole rings is 1. The Balaban J connectivity index is 1.72. The van der Waals surface area contributed by atoms with Gasteiger partial charge in [0, 0.05) is 19.5 Å². The zero-order valence-corrected chi connectivity index (χ0v) is 17.9. The van der Waals surface area contributed by atoms with E-state index in [-0.39, 0.29) is 9.92 Å². The first-order valence-corrected chi connectivity index (χ1v) is 11.7. The first-order valence-electron chi connectivity index (χ1n) is 10.3. The molecule has 2 heterocycles. The molecule has 1 aliphatic heterocycles. The predicted octanol–water partition coefficient (Wildman–Crippen LogP) is 4.49. The Morgan fingerprint density at radius 3 is 2.27 bits per heavy atom. The Labute approximate surface area is 177 Å². The molecule has 1 fully saturated rings. The van der Waals surface area contributed by atoms with E-state index in [4.69, 9.17) is 9.15 Å². The Hall–Kier alpha value is -2.80. The fourth-order valence-corrected chi connectivity index (χ4v) is 5.05. The Morgan fingerprint density at radius 1 is 0.967 bits per heavy atom. The number of aromatic nitrogens is 1. The van der Waals surface area contributed by atoms with Crippen LogP contribution in [-0.4, -0.2) is 33.6 Å². The average Bonchev–Trinajstić information content (AvgIpc) is 3.01. The lowest BCUT2D eigenvalue weighted by molar-refractivity contribution is 0.414. The predicted molar refractivity (Wildman–Crippen MR) is 115 cm³/mol. The van der Waals surface area contributed by atoms with Crippen LogP contribution in [0.2, 0.25) is 0 Å². The highest BCUT2D eigenvalue weighted by atomic mass is 32.2. The number of benzene rings is 2. The minimum absolute atomic E-state index is 0.0131. The molecular formula is C23H26N2O4S. The quantitative estimate of drug-likeness (QED) is 0.578. The first kappa shape index (κ1) is 20.5. The van der Waals surface area contributed by atoms with Crippen molar-refractivity contribution in [3.05, 3.63) is 66.1 Å². The van der Waals surface area contributed by atoms with Gasteiger partial charge in [-0.2, -0.15) is 4.98 Å². The van der Waals surface area contributed by atoms with Gasteiger partial charge in [-0.25, -0.2) is 8.42 Å². The van der Waals surface area contributed by atoms with E-state index in [0.29, 0.717) is 18.2 Å². The van der Waals surface area contributed by atoms with Crippen molar-refractivity contribution < 1.29 is 17.6 Å². The molecule has 0 radical (unpaired) electrons. The lowest BCUT2D eigenvalue weighted by Crippen LogP contribution is -2.25. The van der Waals surface area contributed by atoms with E-state index in [2.05, 4.69) is 4.98 Å². The molecule has 6 nitrogen and oxygen atoms in total. The molecular weight excluding hydrogens is 400 g/mol. The summed E-state index contributed by atoms with van der Waals surface area (Å²) in [5.41, 5.74) is 0.975. The summed E-state index contributed by atoms with van der Waals surface area (Å²) in [6.45, 7) is 1.54. The molecule has 1 aromatic heterocycles. The van der Waals surface area contributed by atoms with E-state index in [1.54, 1.807) is 37.4 Å². The van der Waals surface area contributed by atoms with E-state index in [0.717, 1.165) is 50.1 Å². The molecule has 158 valence electrons. The van der Waals surface area contributed by atoms with Crippen LogP contribution in [-0.2, 0) is 16.3 Å². The fraction of sp³-hybridized carbons (Fsp3) is 0.348. The lowest BCUT2D eigenvalue weighted by atomic mass is 10.1. The van der Waals surface area contributed by atoms with Crippen LogP contribution in [0.5, 0.6) is 5.75 Å². The fourth-order valence-electron chi connectivity index (χ4n) is 3.69. The second kappa shape index (κ2) is 8.92. The zero-order valence-electron chi connectivity index (χ0n) is 17.1. The van der Waals surface area contributed by atoms with Gasteiger partial charge in [0.1, 0.15) is 5.75 Å². The van der Waals surface area contributed by atoms with Crippen LogP contribution < -0.4 is 9.64 Å². The van der Waals surface area contributed by atoms with Crippen molar-refractivity contribution in [3.63, 3.8) is 0 Å². The van der Waals surface area contributed by atoms with Crippen molar-refractivity contribution in [2.24, 2.45) is 0 Å². The SMILES string of the molecule is COc1ccc(Cc2nc(S(=O)(=O)c3ccccc3)c(N3CCCCCC3)o2)cc1.